The molecule has 0 aliphatic carbocycles. The van der Waals surface area contributed by atoms with Gasteiger partial charge < -0.3 is 9.80 Å². The minimum absolute atomic E-state index is 0.0843. The Bertz CT molecular complexity index is 1280. The van der Waals surface area contributed by atoms with E-state index in [9.17, 15) is 21.6 Å². The molecule has 1 aliphatic heterocycles. The Hall–Kier alpha value is -2.53. The standard InChI is InChI=1S/C26H35N3O5S2/c1-20(2)19-29-17-15-22(16-18-29)27-36(33,34)25-12-8-23(9-13-25)28(3)26(30)14-7-21-5-10-24(11-6-21)35(4,31)32/h5-14,20,22,27H,15-19H2,1-4H3/b14-7+. The molecule has 1 N–H and O–H groups in total. The molecule has 36 heavy (non-hydrogen) atoms. The minimum Gasteiger partial charge on any atom is -0.312 e. The Morgan fingerprint density at radius 3 is 2.08 bits per heavy atom. The summed E-state index contributed by atoms with van der Waals surface area (Å²) in [5.74, 6) is 0.287. The largest absolute Gasteiger partial charge is 0.312 e. The van der Waals surface area contributed by atoms with Crippen LogP contribution in [0.2, 0.25) is 0 Å². The summed E-state index contributed by atoms with van der Waals surface area (Å²) in [4.78, 5) is 16.8. The Labute approximate surface area is 215 Å². The quantitative estimate of drug-likeness (QED) is 0.497. The number of sulfonamides is 1. The second kappa shape index (κ2) is 11.7. The van der Waals surface area contributed by atoms with Gasteiger partial charge in [0, 0.05) is 37.7 Å². The number of rotatable bonds is 9. The van der Waals surface area contributed by atoms with Crippen molar-refractivity contribution in [2.75, 3.05) is 37.8 Å². The average Bonchev–Trinajstić information content (AvgIpc) is 2.82. The number of nitrogens with zero attached hydrogens (tertiary/aromatic N) is 2. The molecule has 0 bridgehead atoms. The van der Waals surface area contributed by atoms with E-state index in [-0.39, 0.29) is 21.7 Å². The number of benzene rings is 2. The summed E-state index contributed by atoms with van der Waals surface area (Å²) in [6.07, 6.45) is 5.68. The van der Waals surface area contributed by atoms with Crippen LogP contribution in [0, 0.1) is 5.92 Å². The molecule has 0 aromatic heterocycles. The fraction of sp³-hybridized carbons (Fsp3) is 0.423. The maximum absolute atomic E-state index is 12.9. The first-order valence-electron chi connectivity index (χ1n) is 12.0. The van der Waals surface area contributed by atoms with E-state index >= 15 is 0 Å². The molecular weight excluding hydrogens is 498 g/mol. The lowest BCUT2D eigenvalue weighted by molar-refractivity contribution is -0.113. The topological polar surface area (TPSA) is 104 Å². The van der Waals surface area contributed by atoms with Gasteiger partial charge in [-0.3, -0.25) is 4.79 Å². The molecule has 2 aromatic rings. The summed E-state index contributed by atoms with van der Waals surface area (Å²) in [5.41, 5.74) is 1.24. The van der Waals surface area contributed by atoms with Gasteiger partial charge in [0.1, 0.15) is 0 Å². The van der Waals surface area contributed by atoms with Crippen LogP contribution in [-0.4, -0.2) is 66.6 Å². The fourth-order valence-corrected chi connectivity index (χ4v) is 6.05. The van der Waals surface area contributed by atoms with Crippen molar-refractivity contribution in [1.82, 2.24) is 9.62 Å². The van der Waals surface area contributed by atoms with E-state index in [0.717, 1.165) is 38.7 Å². The van der Waals surface area contributed by atoms with Crippen LogP contribution in [0.3, 0.4) is 0 Å². The summed E-state index contributed by atoms with van der Waals surface area (Å²) in [6, 6.07) is 12.4. The number of sulfone groups is 1. The Morgan fingerprint density at radius 2 is 1.56 bits per heavy atom. The van der Waals surface area contributed by atoms with Crippen molar-refractivity contribution in [3.05, 3.63) is 60.2 Å². The number of likely N-dealkylation sites (N-methyl/N-ethyl adjacent to an activating group) is 1. The zero-order chi connectivity index (χ0) is 26.5. The molecule has 0 saturated carbocycles. The third-order valence-corrected chi connectivity index (χ3v) is 8.79. The molecule has 1 heterocycles. The van der Waals surface area contributed by atoms with E-state index < -0.39 is 19.9 Å². The van der Waals surface area contributed by atoms with E-state index in [1.165, 1.54) is 35.2 Å². The number of amides is 1. The maximum atomic E-state index is 12.9. The van der Waals surface area contributed by atoms with Gasteiger partial charge >= 0.3 is 0 Å². The highest BCUT2D eigenvalue weighted by atomic mass is 32.2. The smallest absolute Gasteiger partial charge is 0.250 e. The van der Waals surface area contributed by atoms with E-state index in [0.29, 0.717) is 17.2 Å². The van der Waals surface area contributed by atoms with E-state index in [2.05, 4.69) is 23.5 Å². The van der Waals surface area contributed by atoms with Crippen LogP contribution in [0.5, 0.6) is 0 Å². The second-order valence-electron chi connectivity index (χ2n) is 9.66. The Kier molecular flexibility index (Phi) is 9.10. The van der Waals surface area contributed by atoms with Gasteiger partial charge in [-0.15, -0.1) is 0 Å². The molecule has 10 heteroatoms. The van der Waals surface area contributed by atoms with Gasteiger partial charge in [0.25, 0.3) is 5.91 Å². The highest BCUT2D eigenvalue weighted by Crippen LogP contribution is 2.20. The SMILES string of the molecule is CC(C)CN1CCC(NS(=O)(=O)c2ccc(N(C)C(=O)/C=C/c3ccc(S(C)(=O)=O)cc3)cc2)CC1. The zero-order valence-electron chi connectivity index (χ0n) is 21.2. The molecule has 0 unspecified atom stereocenters. The number of piperidine rings is 1. The maximum Gasteiger partial charge on any atom is 0.250 e. The first-order chi connectivity index (χ1) is 16.8. The van der Waals surface area contributed by atoms with Crippen LogP contribution in [0.25, 0.3) is 6.08 Å². The number of carbonyl (C=O) groups excluding carboxylic acids is 1. The average molecular weight is 534 g/mol. The lowest BCUT2D eigenvalue weighted by Crippen LogP contribution is -2.45. The number of carbonyl (C=O) groups is 1. The van der Waals surface area contributed by atoms with Gasteiger partial charge in [0.05, 0.1) is 9.79 Å². The van der Waals surface area contributed by atoms with Crippen molar-refractivity contribution in [2.24, 2.45) is 5.92 Å². The van der Waals surface area contributed by atoms with Crippen molar-refractivity contribution >= 4 is 37.5 Å². The van der Waals surface area contributed by atoms with E-state index in [1.54, 1.807) is 37.4 Å². The van der Waals surface area contributed by atoms with Crippen LogP contribution < -0.4 is 9.62 Å². The molecule has 0 radical (unpaired) electrons. The van der Waals surface area contributed by atoms with Crippen molar-refractivity contribution in [3.63, 3.8) is 0 Å². The number of nitrogens with one attached hydrogen (secondary N) is 1. The highest BCUT2D eigenvalue weighted by Gasteiger charge is 2.25. The van der Waals surface area contributed by atoms with Gasteiger partial charge in [-0.1, -0.05) is 26.0 Å². The van der Waals surface area contributed by atoms with Crippen molar-refractivity contribution in [2.45, 2.75) is 42.5 Å². The predicted octanol–water partition coefficient (Wildman–Crippen LogP) is 3.17. The number of hydrogen-bond acceptors (Lipinski definition) is 6. The van der Waals surface area contributed by atoms with Crippen LogP contribution in [0.15, 0.2) is 64.4 Å². The molecule has 1 amide bonds. The third kappa shape index (κ3) is 7.73. The molecule has 0 atom stereocenters. The highest BCUT2D eigenvalue weighted by molar-refractivity contribution is 7.90. The predicted molar refractivity (Wildman–Crippen MR) is 143 cm³/mol. The molecule has 196 valence electrons. The van der Waals surface area contributed by atoms with Crippen LogP contribution >= 0.6 is 0 Å². The van der Waals surface area contributed by atoms with Crippen molar-refractivity contribution in [1.29, 1.82) is 0 Å². The normalized spacial score (nSPS) is 16.0. The number of hydrogen-bond donors (Lipinski definition) is 1. The molecule has 3 rings (SSSR count). The molecule has 2 aromatic carbocycles. The van der Waals surface area contributed by atoms with Gasteiger partial charge in [-0.2, -0.15) is 0 Å². The van der Waals surface area contributed by atoms with Crippen LogP contribution in [0.4, 0.5) is 5.69 Å². The third-order valence-electron chi connectivity index (χ3n) is 6.12. The van der Waals surface area contributed by atoms with Gasteiger partial charge in [-0.25, -0.2) is 21.6 Å². The summed E-state index contributed by atoms with van der Waals surface area (Å²) < 4.78 is 51.7. The summed E-state index contributed by atoms with van der Waals surface area (Å²) in [7, 11) is -5.33. The first kappa shape index (κ1) is 28.0. The summed E-state index contributed by atoms with van der Waals surface area (Å²) >= 11 is 0. The van der Waals surface area contributed by atoms with Crippen molar-refractivity contribution in [3.8, 4) is 0 Å². The zero-order valence-corrected chi connectivity index (χ0v) is 22.8. The second-order valence-corrected chi connectivity index (χ2v) is 13.4. The number of anilines is 1. The number of likely N-dealkylation sites (tertiary alicyclic amines) is 1. The molecule has 1 saturated heterocycles. The van der Waals surface area contributed by atoms with Crippen LogP contribution in [-0.2, 0) is 24.7 Å². The van der Waals surface area contributed by atoms with Gasteiger partial charge in [-0.05, 0) is 79.9 Å². The Morgan fingerprint density at radius 1 is 1.00 bits per heavy atom. The van der Waals surface area contributed by atoms with Gasteiger partial charge in [0.2, 0.25) is 10.0 Å². The Balaban J connectivity index is 1.59. The van der Waals surface area contributed by atoms with E-state index in [1.807, 2.05) is 0 Å². The van der Waals surface area contributed by atoms with Crippen LogP contribution in [0.1, 0.15) is 32.3 Å². The first-order valence-corrected chi connectivity index (χ1v) is 15.3. The molecular formula is C26H35N3O5S2. The van der Waals surface area contributed by atoms with Gasteiger partial charge in [0.15, 0.2) is 9.84 Å². The minimum atomic E-state index is -3.65. The molecule has 0 spiro atoms. The lowest BCUT2D eigenvalue weighted by Gasteiger charge is -2.33. The molecule has 1 fully saturated rings. The fourth-order valence-electron chi connectivity index (χ4n) is 4.12. The molecule has 8 nitrogen and oxygen atoms in total. The summed E-state index contributed by atoms with van der Waals surface area (Å²) in [6.45, 7) is 7.15. The van der Waals surface area contributed by atoms with E-state index in [4.69, 9.17) is 0 Å². The monoisotopic (exact) mass is 533 g/mol. The lowest BCUT2D eigenvalue weighted by atomic mass is 10.0. The molecule has 1 aliphatic rings. The summed E-state index contributed by atoms with van der Waals surface area (Å²) in [5, 5.41) is 0. The van der Waals surface area contributed by atoms with Crippen molar-refractivity contribution < 1.29 is 21.6 Å².